The summed E-state index contributed by atoms with van der Waals surface area (Å²) in [4.78, 5) is 15.8. The van der Waals surface area contributed by atoms with E-state index in [4.69, 9.17) is 0 Å². The van der Waals surface area contributed by atoms with Crippen LogP contribution in [-0.2, 0) is 0 Å². The normalized spacial score (nSPS) is 28.1. The zero-order valence-electron chi connectivity index (χ0n) is 16.1. The predicted octanol–water partition coefficient (Wildman–Crippen LogP) is 5.85. The summed E-state index contributed by atoms with van der Waals surface area (Å²) in [6.07, 6.45) is 11.7. The Morgan fingerprint density at radius 3 is 2.10 bits per heavy atom. The molecular formula is C25H23BrN2O. The molecule has 0 unspecified atom stereocenters. The molecule has 6 rings (SSSR count). The van der Waals surface area contributed by atoms with Gasteiger partial charge in [0.15, 0.2) is 0 Å². The van der Waals surface area contributed by atoms with Crippen LogP contribution in [0.1, 0.15) is 46.2 Å². The van der Waals surface area contributed by atoms with Crippen molar-refractivity contribution in [2.75, 3.05) is 23.3 Å². The van der Waals surface area contributed by atoms with Crippen molar-refractivity contribution in [3.63, 3.8) is 0 Å². The molecule has 2 aliphatic carbocycles. The number of carbonyl (C=O) groups is 1. The van der Waals surface area contributed by atoms with Gasteiger partial charge in [0.1, 0.15) is 0 Å². The van der Waals surface area contributed by atoms with Crippen molar-refractivity contribution in [2.24, 2.45) is 11.8 Å². The van der Waals surface area contributed by atoms with Gasteiger partial charge < -0.3 is 10.2 Å². The lowest BCUT2D eigenvalue weighted by molar-refractivity contribution is 0.102. The van der Waals surface area contributed by atoms with E-state index in [1.54, 1.807) is 0 Å². The maximum atomic E-state index is 13.2. The number of anilines is 2. The molecule has 146 valence electrons. The van der Waals surface area contributed by atoms with E-state index in [0.29, 0.717) is 23.7 Å². The van der Waals surface area contributed by atoms with Gasteiger partial charge in [-0.3, -0.25) is 4.79 Å². The topological polar surface area (TPSA) is 32.3 Å². The molecule has 0 fully saturated rings. The molecule has 2 aromatic carbocycles. The SMILES string of the molecule is O=C(Nc1ccc(Br)cc1)c1cc2c3c(c1)[C@@H]1C=CC[C@H]1CN3C[C@H]1CC=C[C@@H]21. The largest absolute Gasteiger partial charge is 0.370 e. The molecule has 0 spiro atoms. The summed E-state index contributed by atoms with van der Waals surface area (Å²) in [7, 11) is 0. The number of amides is 1. The highest BCUT2D eigenvalue weighted by atomic mass is 79.9. The molecule has 4 atom stereocenters. The first kappa shape index (κ1) is 17.5. The second-order valence-electron chi connectivity index (χ2n) is 8.77. The second-order valence-corrected chi connectivity index (χ2v) is 9.68. The molecule has 0 saturated carbocycles. The number of hydrogen-bond acceptors (Lipinski definition) is 2. The quantitative estimate of drug-likeness (QED) is 0.586. The number of benzene rings is 2. The highest BCUT2D eigenvalue weighted by Crippen LogP contribution is 2.53. The maximum absolute atomic E-state index is 13.2. The summed E-state index contributed by atoms with van der Waals surface area (Å²) in [6, 6.07) is 12.1. The van der Waals surface area contributed by atoms with E-state index in [2.05, 4.69) is 62.6 Å². The molecule has 2 aliphatic heterocycles. The van der Waals surface area contributed by atoms with Crippen LogP contribution in [0.25, 0.3) is 0 Å². The Morgan fingerprint density at radius 2 is 1.52 bits per heavy atom. The minimum Gasteiger partial charge on any atom is -0.370 e. The Kier molecular flexibility index (Phi) is 3.98. The number of halogens is 1. The zero-order valence-corrected chi connectivity index (χ0v) is 17.7. The van der Waals surface area contributed by atoms with Crippen molar-refractivity contribution in [3.8, 4) is 0 Å². The fourth-order valence-corrected chi connectivity index (χ4v) is 6.01. The number of hydrogen-bond donors (Lipinski definition) is 1. The summed E-state index contributed by atoms with van der Waals surface area (Å²) in [5, 5.41) is 3.08. The van der Waals surface area contributed by atoms with E-state index in [0.717, 1.165) is 41.7 Å². The number of fused-ring (bicyclic) bond motifs is 4. The van der Waals surface area contributed by atoms with Gasteiger partial charge in [0, 0.05) is 46.3 Å². The van der Waals surface area contributed by atoms with Crippen molar-refractivity contribution in [1.82, 2.24) is 0 Å². The molecule has 4 heteroatoms. The summed E-state index contributed by atoms with van der Waals surface area (Å²) in [5.41, 5.74) is 5.72. The highest BCUT2D eigenvalue weighted by Gasteiger charge is 2.42. The molecule has 2 aromatic rings. The van der Waals surface area contributed by atoms with E-state index in [-0.39, 0.29) is 5.91 Å². The standard InChI is InChI=1S/C25H23BrN2O/c26-18-7-9-19(10-8-18)27-25(29)17-11-22-20-5-1-3-15(20)13-28-14-16-4-2-6-21(16)23(12-17)24(22)28/h1-2,5-12,15-16,20-21H,3-4,13-14H2,(H,27,29)/t15-,16+,20-,21-/m1/s1. The van der Waals surface area contributed by atoms with Crippen LogP contribution in [0, 0.1) is 11.8 Å². The van der Waals surface area contributed by atoms with Crippen molar-refractivity contribution in [2.45, 2.75) is 24.7 Å². The number of carbonyl (C=O) groups excluding carboxylic acids is 1. The monoisotopic (exact) mass is 446 g/mol. The van der Waals surface area contributed by atoms with Crippen molar-refractivity contribution < 1.29 is 4.79 Å². The van der Waals surface area contributed by atoms with Gasteiger partial charge in [-0.1, -0.05) is 40.2 Å². The molecule has 3 nitrogen and oxygen atoms in total. The third-order valence-corrected chi connectivity index (χ3v) is 7.59. The number of nitrogens with zero attached hydrogens (tertiary/aromatic N) is 1. The molecule has 1 amide bonds. The lowest BCUT2D eigenvalue weighted by Crippen LogP contribution is -2.43. The van der Waals surface area contributed by atoms with Gasteiger partial charge in [0.25, 0.3) is 5.91 Å². The molecule has 29 heavy (non-hydrogen) atoms. The van der Waals surface area contributed by atoms with Crippen molar-refractivity contribution in [1.29, 1.82) is 0 Å². The molecule has 1 N–H and O–H groups in total. The Balaban J connectivity index is 1.44. The minimum atomic E-state index is -0.0221. The van der Waals surface area contributed by atoms with Gasteiger partial charge in [-0.25, -0.2) is 0 Å². The molecular weight excluding hydrogens is 424 g/mol. The Bertz CT molecular complexity index is 1000. The van der Waals surface area contributed by atoms with Crippen LogP contribution >= 0.6 is 15.9 Å². The lowest BCUT2D eigenvalue weighted by Gasteiger charge is -2.46. The van der Waals surface area contributed by atoms with Gasteiger partial charge in [-0.05, 0) is 72.2 Å². The Labute approximate surface area is 179 Å². The lowest BCUT2D eigenvalue weighted by atomic mass is 9.74. The number of allylic oxidation sites excluding steroid dienone is 4. The average Bonchev–Trinajstić information content (AvgIpc) is 3.39. The van der Waals surface area contributed by atoms with Crippen LogP contribution in [0.3, 0.4) is 0 Å². The fraction of sp³-hybridized carbons (Fsp3) is 0.320. The maximum Gasteiger partial charge on any atom is 0.255 e. The smallest absolute Gasteiger partial charge is 0.255 e. The van der Waals surface area contributed by atoms with Crippen LogP contribution in [0.15, 0.2) is 65.2 Å². The van der Waals surface area contributed by atoms with Gasteiger partial charge in [-0.2, -0.15) is 0 Å². The van der Waals surface area contributed by atoms with Gasteiger partial charge >= 0.3 is 0 Å². The van der Waals surface area contributed by atoms with Crippen LogP contribution < -0.4 is 10.2 Å². The van der Waals surface area contributed by atoms with E-state index in [9.17, 15) is 4.79 Å². The second kappa shape index (κ2) is 6.60. The summed E-state index contributed by atoms with van der Waals surface area (Å²) in [5.74, 6) is 2.16. The predicted molar refractivity (Wildman–Crippen MR) is 121 cm³/mol. The number of nitrogens with one attached hydrogen (secondary N) is 1. The van der Waals surface area contributed by atoms with Crippen LogP contribution in [0.2, 0.25) is 0 Å². The van der Waals surface area contributed by atoms with E-state index >= 15 is 0 Å². The van der Waals surface area contributed by atoms with Crippen LogP contribution in [-0.4, -0.2) is 19.0 Å². The van der Waals surface area contributed by atoms with Crippen LogP contribution in [0.4, 0.5) is 11.4 Å². The van der Waals surface area contributed by atoms with Crippen LogP contribution in [0.5, 0.6) is 0 Å². The first-order valence-electron chi connectivity index (χ1n) is 10.5. The molecule has 0 radical (unpaired) electrons. The molecule has 2 heterocycles. The minimum absolute atomic E-state index is 0.0221. The van der Waals surface area contributed by atoms with Gasteiger partial charge in [0.2, 0.25) is 0 Å². The summed E-state index contributed by atoms with van der Waals surface area (Å²) in [6.45, 7) is 2.29. The van der Waals surface area contributed by atoms with Gasteiger partial charge in [-0.15, -0.1) is 0 Å². The Morgan fingerprint density at radius 1 is 0.931 bits per heavy atom. The fourth-order valence-electron chi connectivity index (χ4n) is 5.74. The molecule has 0 saturated heterocycles. The molecule has 0 bridgehead atoms. The molecule has 4 aliphatic rings. The first-order chi connectivity index (χ1) is 14.2. The van der Waals surface area contributed by atoms with E-state index < -0.39 is 0 Å². The third kappa shape index (κ3) is 2.80. The van der Waals surface area contributed by atoms with E-state index in [1.807, 2.05) is 24.3 Å². The summed E-state index contributed by atoms with van der Waals surface area (Å²) < 4.78 is 1.01. The van der Waals surface area contributed by atoms with Crippen molar-refractivity contribution in [3.05, 3.63) is 81.9 Å². The first-order valence-corrected chi connectivity index (χ1v) is 11.3. The van der Waals surface area contributed by atoms with E-state index in [1.165, 1.54) is 16.8 Å². The third-order valence-electron chi connectivity index (χ3n) is 7.06. The Hall–Kier alpha value is -2.33. The van der Waals surface area contributed by atoms with Gasteiger partial charge in [0.05, 0.1) is 0 Å². The van der Waals surface area contributed by atoms with Crippen molar-refractivity contribution >= 4 is 33.2 Å². The highest BCUT2D eigenvalue weighted by molar-refractivity contribution is 9.10. The number of rotatable bonds is 2. The zero-order chi connectivity index (χ0) is 19.5. The molecule has 0 aromatic heterocycles. The average molecular weight is 447 g/mol. The summed E-state index contributed by atoms with van der Waals surface area (Å²) >= 11 is 3.45.